The summed E-state index contributed by atoms with van der Waals surface area (Å²) in [5, 5.41) is 13.5. The number of rotatable bonds is 9. The van der Waals surface area contributed by atoms with E-state index in [1.807, 2.05) is 60.7 Å². The van der Waals surface area contributed by atoms with Gasteiger partial charge in [-0.1, -0.05) is 84.9 Å². The molecule has 0 aliphatic heterocycles. The lowest BCUT2D eigenvalue weighted by atomic mass is 9.99. The molecule has 0 aliphatic rings. The van der Waals surface area contributed by atoms with Gasteiger partial charge in [0.25, 0.3) is 0 Å². The highest BCUT2D eigenvalue weighted by molar-refractivity contribution is 5.97. The van der Waals surface area contributed by atoms with Crippen molar-refractivity contribution in [3.8, 4) is 5.75 Å². The zero-order valence-corrected chi connectivity index (χ0v) is 21.1. The Hall–Kier alpha value is -4.97. The number of hydrogen-bond acceptors (Lipinski definition) is 3. The molecule has 0 aliphatic carbocycles. The second-order valence-corrected chi connectivity index (χ2v) is 9.22. The van der Waals surface area contributed by atoms with Crippen LogP contribution in [0.25, 0.3) is 10.8 Å². The lowest BCUT2D eigenvalue weighted by Crippen LogP contribution is -2.15. The van der Waals surface area contributed by atoms with Crippen LogP contribution in [0, 0.1) is 5.82 Å². The van der Waals surface area contributed by atoms with E-state index in [0.717, 1.165) is 22.3 Å². The van der Waals surface area contributed by atoms with Crippen LogP contribution in [-0.2, 0) is 24.2 Å². The highest BCUT2D eigenvalue weighted by Gasteiger charge is 2.13. The van der Waals surface area contributed by atoms with Crippen molar-refractivity contribution >= 4 is 28.3 Å². The molecule has 0 fully saturated rings. The molecule has 2 N–H and O–H groups in total. The van der Waals surface area contributed by atoms with Gasteiger partial charge in [-0.05, 0) is 58.3 Å². The molecule has 0 radical (unpaired) electrons. The number of ether oxygens (including phenoxy) is 1. The number of carboxylic acid groups (broad SMARTS) is 1. The van der Waals surface area contributed by atoms with Gasteiger partial charge in [-0.2, -0.15) is 0 Å². The number of carbonyl (C=O) groups is 2. The fraction of sp³-hybridized carbons (Fsp3) is 0.0909. The van der Waals surface area contributed by atoms with Crippen molar-refractivity contribution in [2.75, 3.05) is 5.32 Å². The Labute approximate surface area is 225 Å². The first-order chi connectivity index (χ1) is 19.0. The van der Waals surface area contributed by atoms with Crippen molar-refractivity contribution < 1.29 is 23.8 Å². The summed E-state index contributed by atoms with van der Waals surface area (Å²) in [6, 6.07) is 32.2. The normalized spacial score (nSPS) is 10.8. The van der Waals surface area contributed by atoms with Crippen LogP contribution in [0.4, 0.5) is 10.1 Å². The number of para-hydroxylation sites is 2. The van der Waals surface area contributed by atoms with Crippen LogP contribution in [0.3, 0.4) is 0 Å². The predicted octanol–water partition coefficient (Wildman–Crippen LogP) is 7.03. The van der Waals surface area contributed by atoms with Gasteiger partial charge in [-0.25, -0.2) is 9.18 Å². The molecule has 0 aromatic heterocycles. The van der Waals surface area contributed by atoms with Crippen LogP contribution >= 0.6 is 0 Å². The van der Waals surface area contributed by atoms with Gasteiger partial charge in [0.2, 0.25) is 5.91 Å². The number of fused-ring (bicyclic) bond motifs is 1. The van der Waals surface area contributed by atoms with Gasteiger partial charge in [0.05, 0.1) is 17.7 Å². The molecule has 0 spiro atoms. The van der Waals surface area contributed by atoms with Crippen molar-refractivity contribution in [2.45, 2.75) is 19.4 Å². The van der Waals surface area contributed by atoms with Crippen LogP contribution in [-0.4, -0.2) is 17.0 Å². The molecular weight excluding hydrogens is 493 g/mol. The summed E-state index contributed by atoms with van der Waals surface area (Å²) < 4.78 is 20.2. The molecule has 5 aromatic rings. The Morgan fingerprint density at radius 1 is 0.718 bits per heavy atom. The predicted molar refractivity (Wildman–Crippen MR) is 150 cm³/mol. The summed E-state index contributed by atoms with van der Waals surface area (Å²) >= 11 is 0. The Morgan fingerprint density at radius 3 is 2.18 bits per heavy atom. The molecule has 0 heterocycles. The fourth-order valence-electron chi connectivity index (χ4n) is 4.56. The van der Waals surface area contributed by atoms with E-state index in [2.05, 4.69) is 5.32 Å². The van der Waals surface area contributed by atoms with E-state index < -0.39 is 5.97 Å². The third-order valence-corrected chi connectivity index (χ3v) is 6.53. The van der Waals surface area contributed by atoms with Crippen LogP contribution in [0.1, 0.15) is 32.6 Å². The Bertz CT molecular complexity index is 1650. The van der Waals surface area contributed by atoms with Crippen molar-refractivity contribution in [2.24, 2.45) is 0 Å². The van der Waals surface area contributed by atoms with E-state index in [1.54, 1.807) is 42.5 Å². The van der Waals surface area contributed by atoms with E-state index in [4.69, 9.17) is 4.74 Å². The summed E-state index contributed by atoms with van der Waals surface area (Å²) in [7, 11) is 0. The third-order valence-electron chi connectivity index (χ3n) is 6.53. The Balaban J connectivity index is 1.23. The minimum atomic E-state index is -0.938. The SMILES string of the molecule is O=C(Cc1ccc(F)c2ccccc12)Nc1ccccc1OCc1ccc(Cc2ccccc2C(=O)O)cc1. The largest absolute Gasteiger partial charge is 0.487 e. The molecule has 39 heavy (non-hydrogen) atoms. The molecule has 0 unspecified atom stereocenters. The molecular formula is C33H26FNO4. The summed E-state index contributed by atoms with van der Waals surface area (Å²) in [6.45, 7) is 0.293. The first-order valence-electron chi connectivity index (χ1n) is 12.5. The number of carbonyl (C=O) groups excluding carboxylic acids is 1. The third kappa shape index (κ3) is 6.13. The Morgan fingerprint density at radius 2 is 1.38 bits per heavy atom. The maximum Gasteiger partial charge on any atom is 0.335 e. The number of halogens is 1. The number of nitrogens with one attached hydrogen (secondary N) is 1. The second-order valence-electron chi connectivity index (χ2n) is 9.22. The molecule has 0 bridgehead atoms. The van der Waals surface area contributed by atoms with Crippen molar-refractivity contribution in [3.63, 3.8) is 0 Å². The van der Waals surface area contributed by atoms with Crippen molar-refractivity contribution in [3.05, 3.63) is 143 Å². The molecule has 0 atom stereocenters. The van der Waals surface area contributed by atoms with Gasteiger partial charge in [0.15, 0.2) is 0 Å². The van der Waals surface area contributed by atoms with Crippen molar-refractivity contribution in [1.29, 1.82) is 0 Å². The summed E-state index contributed by atoms with van der Waals surface area (Å²) in [6.07, 6.45) is 0.614. The Kier molecular flexibility index (Phi) is 7.64. The fourth-order valence-corrected chi connectivity index (χ4v) is 4.56. The van der Waals surface area contributed by atoms with Crippen LogP contribution in [0.15, 0.2) is 109 Å². The average Bonchev–Trinajstić information content (AvgIpc) is 2.95. The van der Waals surface area contributed by atoms with Crippen LogP contribution in [0.2, 0.25) is 0 Å². The van der Waals surface area contributed by atoms with Gasteiger partial charge >= 0.3 is 5.97 Å². The van der Waals surface area contributed by atoms with E-state index in [-0.39, 0.29) is 18.1 Å². The maximum atomic E-state index is 14.2. The number of anilines is 1. The average molecular weight is 520 g/mol. The highest BCUT2D eigenvalue weighted by Crippen LogP contribution is 2.27. The van der Waals surface area contributed by atoms with E-state index in [1.165, 1.54) is 6.07 Å². The minimum Gasteiger partial charge on any atom is -0.487 e. The summed E-state index contributed by atoms with van der Waals surface area (Å²) in [5.74, 6) is -0.943. The van der Waals surface area contributed by atoms with Gasteiger partial charge in [0.1, 0.15) is 18.2 Å². The molecule has 1 amide bonds. The zero-order valence-electron chi connectivity index (χ0n) is 21.1. The van der Waals surface area contributed by atoms with Crippen LogP contribution < -0.4 is 10.1 Å². The zero-order chi connectivity index (χ0) is 27.2. The summed E-state index contributed by atoms with van der Waals surface area (Å²) in [4.78, 5) is 24.4. The molecule has 5 rings (SSSR count). The standard InChI is InChI=1S/C33H26FNO4/c34-29-18-17-25(26-8-3-4-10-28(26)29)20-32(36)35-30-11-5-6-12-31(30)39-21-23-15-13-22(14-16-23)19-24-7-1-2-9-27(24)33(37)38/h1-18H,19-21H2,(H,35,36)(H,37,38). The highest BCUT2D eigenvalue weighted by atomic mass is 19.1. The second kappa shape index (κ2) is 11.6. The number of aromatic carboxylic acids is 1. The number of benzene rings is 5. The van der Waals surface area contributed by atoms with Crippen molar-refractivity contribution in [1.82, 2.24) is 0 Å². The maximum absolute atomic E-state index is 14.2. The molecule has 5 nitrogen and oxygen atoms in total. The van der Waals surface area contributed by atoms with Gasteiger partial charge in [-0.3, -0.25) is 4.79 Å². The molecule has 0 saturated carbocycles. The number of hydrogen-bond donors (Lipinski definition) is 2. The first-order valence-corrected chi connectivity index (χ1v) is 12.5. The van der Waals surface area contributed by atoms with E-state index in [9.17, 15) is 19.1 Å². The van der Waals surface area contributed by atoms with Crippen LogP contribution in [0.5, 0.6) is 5.75 Å². The van der Waals surface area contributed by atoms with Gasteiger partial charge in [-0.15, -0.1) is 0 Å². The lowest BCUT2D eigenvalue weighted by molar-refractivity contribution is -0.115. The molecule has 0 saturated heterocycles. The monoisotopic (exact) mass is 519 g/mol. The minimum absolute atomic E-state index is 0.0988. The van der Waals surface area contributed by atoms with Gasteiger partial charge in [0, 0.05) is 5.39 Å². The number of amides is 1. The molecule has 194 valence electrons. The molecule has 5 aromatic carbocycles. The quantitative estimate of drug-likeness (QED) is 0.219. The van der Waals surface area contributed by atoms with E-state index in [0.29, 0.717) is 40.8 Å². The summed E-state index contributed by atoms with van der Waals surface area (Å²) in [5.41, 5.74) is 4.28. The lowest BCUT2D eigenvalue weighted by Gasteiger charge is -2.14. The molecule has 6 heteroatoms. The van der Waals surface area contributed by atoms with E-state index >= 15 is 0 Å². The first kappa shape index (κ1) is 25.7. The topological polar surface area (TPSA) is 75.6 Å². The smallest absolute Gasteiger partial charge is 0.335 e. The van der Waals surface area contributed by atoms with Gasteiger partial charge < -0.3 is 15.2 Å². The number of carboxylic acids is 1.